The van der Waals surface area contributed by atoms with Gasteiger partial charge >= 0.3 is 0 Å². The van der Waals surface area contributed by atoms with Gasteiger partial charge in [0.1, 0.15) is 0 Å². The molecule has 0 saturated carbocycles. The summed E-state index contributed by atoms with van der Waals surface area (Å²) in [4.78, 5) is 16.4. The normalized spacial score (nSPS) is 10.5. The molecule has 0 fully saturated rings. The zero-order chi connectivity index (χ0) is 18.4. The van der Waals surface area contributed by atoms with Crippen LogP contribution in [0, 0.1) is 6.92 Å². The van der Waals surface area contributed by atoms with E-state index in [1.807, 2.05) is 62.4 Å². The van der Waals surface area contributed by atoms with Crippen molar-refractivity contribution in [2.75, 3.05) is 11.9 Å². The highest BCUT2D eigenvalue weighted by atomic mass is 16.5. The van der Waals surface area contributed by atoms with Crippen LogP contribution in [0.4, 0.5) is 5.69 Å². The molecule has 0 unspecified atom stereocenters. The molecule has 26 heavy (non-hydrogen) atoms. The fourth-order valence-corrected chi connectivity index (χ4v) is 2.60. The molecule has 2 aromatic carbocycles. The molecule has 1 amide bonds. The van der Waals surface area contributed by atoms with E-state index in [9.17, 15) is 4.79 Å². The summed E-state index contributed by atoms with van der Waals surface area (Å²) in [5.41, 5.74) is 3.67. The summed E-state index contributed by atoms with van der Waals surface area (Å²) in [6, 6.07) is 15.6. The van der Waals surface area contributed by atoms with Crippen molar-refractivity contribution >= 4 is 11.6 Å². The quantitative estimate of drug-likeness (QED) is 0.683. The van der Waals surface area contributed by atoms with Crippen molar-refractivity contribution < 1.29 is 9.32 Å². The van der Waals surface area contributed by atoms with Gasteiger partial charge in [-0.05, 0) is 37.1 Å². The number of hydrogen-bond acceptors (Lipinski definition) is 5. The van der Waals surface area contributed by atoms with E-state index in [0.717, 1.165) is 16.8 Å². The minimum atomic E-state index is -0.0847. The molecule has 0 aliphatic rings. The Labute approximate surface area is 152 Å². The predicted molar refractivity (Wildman–Crippen MR) is 100 cm³/mol. The number of nitrogens with one attached hydrogen (secondary N) is 2. The van der Waals surface area contributed by atoms with Gasteiger partial charge in [0.15, 0.2) is 5.82 Å². The van der Waals surface area contributed by atoms with Gasteiger partial charge in [0.25, 0.3) is 5.91 Å². The van der Waals surface area contributed by atoms with E-state index in [-0.39, 0.29) is 5.91 Å². The maximum Gasteiger partial charge on any atom is 0.251 e. The fourth-order valence-electron chi connectivity index (χ4n) is 2.60. The van der Waals surface area contributed by atoms with Crippen LogP contribution in [-0.4, -0.2) is 22.6 Å². The number of aryl methyl sites for hydroxylation is 1. The maximum absolute atomic E-state index is 12.0. The van der Waals surface area contributed by atoms with Gasteiger partial charge < -0.3 is 15.2 Å². The summed E-state index contributed by atoms with van der Waals surface area (Å²) < 4.78 is 5.31. The lowest BCUT2D eigenvalue weighted by atomic mass is 10.1. The number of carbonyl (C=O) groups excluding carboxylic acids is 1. The van der Waals surface area contributed by atoms with E-state index < -0.39 is 0 Å². The first-order chi connectivity index (χ1) is 12.7. The van der Waals surface area contributed by atoms with Crippen molar-refractivity contribution in [2.45, 2.75) is 26.8 Å². The summed E-state index contributed by atoms with van der Waals surface area (Å²) in [6.45, 7) is 4.88. The molecule has 0 radical (unpaired) electrons. The molecule has 0 saturated heterocycles. The fraction of sp³-hybridized carbons (Fsp3) is 0.250. The third-order valence-corrected chi connectivity index (χ3v) is 3.98. The van der Waals surface area contributed by atoms with Crippen LogP contribution < -0.4 is 10.6 Å². The predicted octanol–water partition coefficient (Wildman–Crippen LogP) is 3.33. The van der Waals surface area contributed by atoms with E-state index in [1.165, 1.54) is 0 Å². The zero-order valence-electron chi connectivity index (χ0n) is 15.0. The van der Waals surface area contributed by atoms with E-state index in [4.69, 9.17) is 4.52 Å². The molecular weight excluding hydrogens is 328 g/mol. The molecule has 2 N–H and O–H groups in total. The van der Waals surface area contributed by atoms with E-state index in [2.05, 4.69) is 20.8 Å². The first kappa shape index (κ1) is 17.7. The Kier molecular flexibility index (Phi) is 5.63. The average molecular weight is 350 g/mol. The van der Waals surface area contributed by atoms with Crippen molar-refractivity contribution in [3.8, 4) is 0 Å². The Morgan fingerprint density at radius 2 is 1.96 bits per heavy atom. The highest BCUT2D eigenvalue weighted by Crippen LogP contribution is 2.18. The highest BCUT2D eigenvalue weighted by Gasteiger charge is 2.10. The van der Waals surface area contributed by atoms with Crippen molar-refractivity contribution in [1.29, 1.82) is 0 Å². The number of nitrogens with zero attached hydrogens (tertiary/aromatic N) is 2. The molecule has 3 aromatic rings. The van der Waals surface area contributed by atoms with Crippen LogP contribution in [-0.2, 0) is 13.0 Å². The van der Waals surface area contributed by atoms with Gasteiger partial charge in [-0.15, -0.1) is 0 Å². The Morgan fingerprint density at radius 3 is 2.73 bits per heavy atom. The Morgan fingerprint density at radius 1 is 1.15 bits per heavy atom. The van der Waals surface area contributed by atoms with Crippen molar-refractivity contribution in [3.63, 3.8) is 0 Å². The van der Waals surface area contributed by atoms with Crippen LogP contribution in [0.15, 0.2) is 53.1 Å². The van der Waals surface area contributed by atoms with E-state index in [0.29, 0.717) is 36.8 Å². The molecule has 0 aliphatic carbocycles. The lowest BCUT2D eigenvalue weighted by Gasteiger charge is -2.10. The van der Waals surface area contributed by atoms with Crippen LogP contribution in [0.3, 0.4) is 0 Å². The van der Waals surface area contributed by atoms with Crippen molar-refractivity contribution in [1.82, 2.24) is 15.5 Å². The lowest BCUT2D eigenvalue weighted by molar-refractivity contribution is 0.0956. The Hall–Kier alpha value is -3.15. The second-order valence-electron chi connectivity index (χ2n) is 6.01. The van der Waals surface area contributed by atoms with Gasteiger partial charge in [-0.1, -0.05) is 41.6 Å². The summed E-state index contributed by atoms with van der Waals surface area (Å²) in [7, 11) is 0. The van der Waals surface area contributed by atoms with Crippen LogP contribution in [0.5, 0.6) is 0 Å². The van der Waals surface area contributed by atoms with E-state index in [1.54, 1.807) is 0 Å². The standard InChI is InChI=1S/C20H22N4O2/c1-3-21-20(25)16-10-9-14(2)17(12-16)22-13-19-23-18(24-26-19)11-15-7-5-4-6-8-15/h4-10,12,22H,3,11,13H2,1-2H3,(H,21,25). The van der Waals surface area contributed by atoms with Gasteiger partial charge in [-0.3, -0.25) is 4.79 Å². The lowest BCUT2D eigenvalue weighted by Crippen LogP contribution is -2.22. The average Bonchev–Trinajstić information content (AvgIpc) is 3.09. The highest BCUT2D eigenvalue weighted by molar-refractivity contribution is 5.95. The summed E-state index contributed by atoms with van der Waals surface area (Å²) >= 11 is 0. The number of rotatable bonds is 7. The van der Waals surface area contributed by atoms with Crippen LogP contribution >= 0.6 is 0 Å². The molecule has 3 rings (SSSR count). The summed E-state index contributed by atoms with van der Waals surface area (Å²) in [6.07, 6.45) is 0.635. The molecule has 6 nitrogen and oxygen atoms in total. The molecule has 0 bridgehead atoms. The van der Waals surface area contributed by atoms with Crippen molar-refractivity contribution in [2.24, 2.45) is 0 Å². The van der Waals surface area contributed by atoms with Gasteiger partial charge in [-0.2, -0.15) is 4.98 Å². The van der Waals surface area contributed by atoms with Crippen LogP contribution in [0.2, 0.25) is 0 Å². The molecule has 6 heteroatoms. The number of hydrogen-bond donors (Lipinski definition) is 2. The second-order valence-corrected chi connectivity index (χ2v) is 6.01. The van der Waals surface area contributed by atoms with Crippen LogP contribution in [0.1, 0.15) is 40.1 Å². The topological polar surface area (TPSA) is 80.0 Å². The van der Waals surface area contributed by atoms with Gasteiger partial charge in [-0.25, -0.2) is 0 Å². The third kappa shape index (κ3) is 4.47. The largest absolute Gasteiger partial charge is 0.376 e. The van der Waals surface area contributed by atoms with Gasteiger partial charge in [0.2, 0.25) is 5.89 Å². The number of carbonyl (C=O) groups is 1. The zero-order valence-corrected chi connectivity index (χ0v) is 15.0. The maximum atomic E-state index is 12.0. The first-order valence-corrected chi connectivity index (χ1v) is 8.64. The smallest absolute Gasteiger partial charge is 0.251 e. The number of benzene rings is 2. The third-order valence-electron chi connectivity index (χ3n) is 3.98. The molecule has 1 aromatic heterocycles. The van der Waals surface area contributed by atoms with Gasteiger partial charge in [0, 0.05) is 24.2 Å². The minimum absolute atomic E-state index is 0.0847. The molecule has 1 heterocycles. The molecule has 134 valence electrons. The first-order valence-electron chi connectivity index (χ1n) is 8.64. The Balaban J connectivity index is 1.64. The molecule has 0 atom stereocenters. The monoisotopic (exact) mass is 350 g/mol. The number of anilines is 1. The van der Waals surface area contributed by atoms with Crippen LogP contribution in [0.25, 0.3) is 0 Å². The summed E-state index contributed by atoms with van der Waals surface area (Å²) in [5, 5.41) is 10.1. The van der Waals surface area contributed by atoms with E-state index >= 15 is 0 Å². The number of amides is 1. The minimum Gasteiger partial charge on any atom is -0.376 e. The molecular formula is C20H22N4O2. The van der Waals surface area contributed by atoms with Gasteiger partial charge in [0.05, 0.1) is 6.54 Å². The van der Waals surface area contributed by atoms with Crippen molar-refractivity contribution in [3.05, 3.63) is 76.9 Å². The molecule has 0 spiro atoms. The second kappa shape index (κ2) is 8.29. The summed E-state index contributed by atoms with van der Waals surface area (Å²) in [5.74, 6) is 1.08. The number of aromatic nitrogens is 2. The molecule has 0 aliphatic heterocycles. The SMILES string of the molecule is CCNC(=O)c1ccc(C)c(NCc2nc(Cc3ccccc3)no2)c1. The Bertz CT molecular complexity index is 875.